The van der Waals surface area contributed by atoms with Crippen LogP contribution in [0.3, 0.4) is 0 Å². The number of rotatable bonds is 5. The van der Waals surface area contributed by atoms with E-state index in [2.05, 4.69) is 15.2 Å². The highest BCUT2D eigenvalue weighted by molar-refractivity contribution is 8.00. The van der Waals surface area contributed by atoms with Gasteiger partial charge in [-0.25, -0.2) is 0 Å². The van der Waals surface area contributed by atoms with Crippen molar-refractivity contribution in [2.45, 2.75) is 24.3 Å². The zero-order valence-electron chi connectivity index (χ0n) is 13.4. The van der Waals surface area contributed by atoms with Gasteiger partial charge in [-0.15, -0.1) is 10.2 Å². The molecule has 1 aromatic carbocycles. The lowest BCUT2D eigenvalue weighted by Gasteiger charge is -2.14. The lowest BCUT2D eigenvalue weighted by molar-refractivity contribution is -0.117. The predicted octanol–water partition coefficient (Wildman–Crippen LogP) is 2.60. The Bertz CT molecular complexity index is 862. The number of primary amides is 1. The molecular formula is C17H17N5OS. The second-order valence-corrected chi connectivity index (χ2v) is 6.64. The number of aryl methyl sites for hydroxylation is 1. The number of thioether (sulfide) groups is 1. The minimum absolute atomic E-state index is 0.387. The second kappa shape index (κ2) is 6.84. The molecule has 3 rings (SSSR count). The van der Waals surface area contributed by atoms with E-state index in [9.17, 15) is 4.79 Å². The molecule has 7 heteroatoms. The fourth-order valence-electron chi connectivity index (χ4n) is 2.28. The van der Waals surface area contributed by atoms with Crippen molar-refractivity contribution < 1.29 is 4.79 Å². The first-order valence-corrected chi connectivity index (χ1v) is 8.33. The van der Waals surface area contributed by atoms with E-state index in [0.717, 1.165) is 16.8 Å². The van der Waals surface area contributed by atoms with Crippen LogP contribution >= 0.6 is 11.8 Å². The fourth-order valence-corrected chi connectivity index (χ4v) is 3.09. The van der Waals surface area contributed by atoms with E-state index < -0.39 is 5.25 Å². The third kappa shape index (κ3) is 3.16. The molecule has 0 saturated carbocycles. The van der Waals surface area contributed by atoms with Crippen molar-refractivity contribution in [3.63, 3.8) is 0 Å². The van der Waals surface area contributed by atoms with Crippen molar-refractivity contribution in [3.8, 4) is 17.1 Å². The van der Waals surface area contributed by atoms with Crippen LogP contribution in [0, 0.1) is 6.92 Å². The largest absolute Gasteiger partial charge is 0.369 e. The molecular weight excluding hydrogens is 322 g/mol. The molecule has 6 nitrogen and oxygen atoms in total. The number of para-hydroxylation sites is 1. The maximum atomic E-state index is 11.4. The van der Waals surface area contributed by atoms with E-state index in [1.54, 1.807) is 19.3 Å². The normalized spacial score (nSPS) is 12.1. The van der Waals surface area contributed by atoms with Gasteiger partial charge in [-0.2, -0.15) is 0 Å². The fraction of sp³-hybridized carbons (Fsp3) is 0.176. The first-order chi connectivity index (χ1) is 11.6. The van der Waals surface area contributed by atoms with E-state index >= 15 is 0 Å². The van der Waals surface area contributed by atoms with Crippen LogP contribution in [0.1, 0.15) is 12.5 Å². The SMILES string of the molecule is Cc1ccccc1-n1c(SC(C)C(N)=O)nnc1-c1cccnc1. The molecule has 0 radical (unpaired) electrons. The summed E-state index contributed by atoms with van der Waals surface area (Å²) in [5.74, 6) is 0.291. The first kappa shape index (κ1) is 16.2. The van der Waals surface area contributed by atoms with Crippen molar-refractivity contribution in [3.05, 3.63) is 54.4 Å². The van der Waals surface area contributed by atoms with Gasteiger partial charge >= 0.3 is 0 Å². The Morgan fingerprint density at radius 2 is 2.00 bits per heavy atom. The van der Waals surface area contributed by atoms with Gasteiger partial charge in [0, 0.05) is 18.0 Å². The lowest BCUT2D eigenvalue weighted by atomic mass is 10.2. The summed E-state index contributed by atoms with van der Waals surface area (Å²) in [6.07, 6.45) is 3.45. The topological polar surface area (TPSA) is 86.7 Å². The number of aromatic nitrogens is 4. The summed E-state index contributed by atoms with van der Waals surface area (Å²) >= 11 is 1.29. The number of hydrogen-bond acceptors (Lipinski definition) is 5. The summed E-state index contributed by atoms with van der Waals surface area (Å²) in [7, 11) is 0. The molecule has 1 amide bonds. The molecule has 24 heavy (non-hydrogen) atoms. The van der Waals surface area contributed by atoms with E-state index in [1.807, 2.05) is 47.9 Å². The van der Waals surface area contributed by atoms with Gasteiger partial charge in [0.15, 0.2) is 11.0 Å². The number of nitrogens with two attached hydrogens (primary N) is 1. The molecule has 1 atom stereocenters. The van der Waals surface area contributed by atoms with Crippen molar-refractivity contribution >= 4 is 17.7 Å². The smallest absolute Gasteiger partial charge is 0.230 e. The third-order valence-electron chi connectivity index (χ3n) is 3.59. The molecule has 2 N–H and O–H groups in total. The Kier molecular flexibility index (Phi) is 4.61. The highest BCUT2D eigenvalue weighted by Gasteiger charge is 2.21. The maximum Gasteiger partial charge on any atom is 0.230 e. The van der Waals surface area contributed by atoms with Gasteiger partial charge in [-0.1, -0.05) is 30.0 Å². The zero-order valence-corrected chi connectivity index (χ0v) is 14.2. The molecule has 0 fully saturated rings. The average Bonchev–Trinajstić information content (AvgIpc) is 2.99. The summed E-state index contributed by atoms with van der Waals surface area (Å²) < 4.78 is 1.94. The van der Waals surface area contributed by atoms with Crippen LogP contribution in [0.25, 0.3) is 17.1 Å². The molecule has 0 aliphatic rings. The summed E-state index contributed by atoms with van der Waals surface area (Å²) in [5, 5.41) is 8.80. The lowest BCUT2D eigenvalue weighted by Crippen LogP contribution is -2.23. The Morgan fingerprint density at radius 1 is 1.21 bits per heavy atom. The molecule has 0 saturated heterocycles. The van der Waals surface area contributed by atoms with Gasteiger partial charge < -0.3 is 5.73 Å². The minimum atomic E-state index is -0.404. The van der Waals surface area contributed by atoms with Crippen LogP contribution in [0.15, 0.2) is 53.9 Å². The molecule has 0 aliphatic carbocycles. The Balaban J connectivity index is 2.16. The average molecular weight is 339 g/mol. The standard InChI is InChI=1S/C17H17N5OS/c1-11-6-3-4-8-14(11)22-16(13-7-5-9-19-10-13)20-21-17(22)24-12(2)15(18)23/h3-10,12H,1-2H3,(H2,18,23). The summed E-state index contributed by atoms with van der Waals surface area (Å²) in [6, 6.07) is 11.7. The number of carbonyl (C=O) groups excluding carboxylic acids is 1. The van der Waals surface area contributed by atoms with Crippen LogP contribution in [-0.4, -0.2) is 30.9 Å². The van der Waals surface area contributed by atoms with Crippen molar-refractivity contribution in [2.24, 2.45) is 5.73 Å². The van der Waals surface area contributed by atoms with Crippen LogP contribution in [-0.2, 0) is 4.79 Å². The summed E-state index contributed by atoms with van der Waals surface area (Å²) in [4.78, 5) is 15.6. The number of carbonyl (C=O) groups is 1. The number of benzene rings is 1. The molecule has 0 aliphatic heterocycles. The third-order valence-corrected chi connectivity index (χ3v) is 4.65. The zero-order chi connectivity index (χ0) is 17.1. The Hall–Kier alpha value is -2.67. The van der Waals surface area contributed by atoms with Gasteiger partial charge in [0.05, 0.1) is 10.9 Å². The number of nitrogens with zero attached hydrogens (tertiary/aromatic N) is 4. The molecule has 122 valence electrons. The minimum Gasteiger partial charge on any atom is -0.369 e. The number of hydrogen-bond donors (Lipinski definition) is 1. The van der Waals surface area contributed by atoms with Crippen LogP contribution in [0.5, 0.6) is 0 Å². The van der Waals surface area contributed by atoms with Gasteiger partial charge in [0.25, 0.3) is 0 Å². The van der Waals surface area contributed by atoms with Crippen LogP contribution in [0.4, 0.5) is 0 Å². The maximum absolute atomic E-state index is 11.4. The van der Waals surface area contributed by atoms with Crippen molar-refractivity contribution in [2.75, 3.05) is 0 Å². The summed E-state index contributed by atoms with van der Waals surface area (Å²) in [5.41, 5.74) is 8.29. The quantitative estimate of drug-likeness (QED) is 0.722. The molecule has 2 aromatic heterocycles. The second-order valence-electron chi connectivity index (χ2n) is 5.33. The molecule has 0 bridgehead atoms. The van der Waals surface area contributed by atoms with E-state index in [1.165, 1.54) is 11.8 Å². The van der Waals surface area contributed by atoms with Crippen molar-refractivity contribution in [1.82, 2.24) is 19.7 Å². The number of pyridine rings is 1. The van der Waals surface area contributed by atoms with Gasteiger partial charge in [0.1, 0.15) is 0 Å². The first-order valence-electron chi connectivity index (χ1n) is 7.45. The number of amides is 1. The predicted molar refractivity (Wildman–Crippen MR) is 93.8 cm³/mol. The van der Waals surface area contributed by atoms with Gasteiger partial charge in [-0.3, -0.25) is 14.3 Å². The van der Waals surface area contributed by atoms with Gasteiger partial charge in [-0.05, 0) is 37.6 Å². The summed E-state index contributed by atoms with van der Waals surface area (Å²) in [6.45, 7) is 3.78. The van der Waals surface area contributed by atoms with E-state index in [4.69, 9.17) is 5.73 Å². The molecule has 2 heterocycles. The van der Waals surface area contributed by atoms with Crippen LogP contribution < -0.4 is 5.73 Å². The molecule has 1 unspecified atom stereocenters. The highest BCUT2D eigenvalue weighted by atomic mass is 32.2. The van der Waals surface area contributed by atoms with Crippen LogP contribution in [0.2, 0.25) is 0 Å². The highest BCUT2D eigenvalue weighted by Crippen LogP contribution is 2.30. The van der Waals surface area contributed by atoms with Crippen molar-refractivity contribution in [1.29, 1.82) is 0 Å². The Labute approximate surface area is 144 Å². The molecule has 3 aromatic rings. The molecule has 0 spiro atoms. The Morgan fingerprint density at radius 3 is 2.67 bits per heavy atom. The van der Waals surface area contributed by atoms with Gasteiger partial charge in [0.2, 0.25) is 5.91 Å². The van der Waals surface area contributed by atoms with E-state index in [0.29, 0.717) is 11.0 Å². The van der Waals surface area contributed by atoms with E-state index in [-0.39, 0.29) is 5.91 Å². The monoisotopic (exact) mass is 339 g/mol.